The van der Waals surface area contributed by atoms with E-state index in [1.807, 2.05) is 6.07 Å². The summed E-state index contributed by atoms with van der Waals surface area (Å²) in [6, 6.07) is 8.33. The molecule has 2 heterocycles. The zero-order valence-electron chi connectivity index (χ0n) is 10.7. The Bertz CT molecular complexity index is 415. The van der Waals surface area contributed by atoms with Crippen LogP contribution in [-0.4, -0.2) is 26.4 Å². The second-order valence-electron chi connectivity index (χ2n) is 5.53. The van der Waals surface area contributed by atoms with Gasteiger partial charge < -0.3 is 15.2 Å². The van der Waals surface area contributed by atoms with E-state index in [-0.39, 0.29) is 5.41 Å². The second kappa shape index (κ2) is 4.90. The Balaban J connectivity index is 1.85. The first-order valence-corrected chi connectivity index (χ1v) is 6.83. The fourth-order valence-corrected chi connectivity index (χ4v) is 3.31. The monoisotopic (exact) mass is 247 g/mol. The third-order valence-corrected chi connectivity index (χ3v) is 4.52. The molecule has 0 aromatic heterocycles. The number of nitrogens with two attached hydrogens (primary N) is 1. The van der Waals surface area contributed by atoms with Gasteiger partial charge in [-0.3, -0.25) is 0 Å². The molecule has 1 unspecified atom stereocenters. The van der Waals surface area contributed by atoms with Crippen LogP contribution < -0.4 is 10.5 Å². The van der Waals surface area contributed by atoms with Crippen LogP contribution in [0.2, 0.25) is 0 Å². The summed E-state index contributed by atoms with van der Waals surface area (Å²) in [6.07, 6.45) is 3.27. The average Bonchev–Trinajstić information content (AvgIpc) is 2.47. The summed E-state index contributed by atoms with van der Waals surface area (Å²) in [5.41, 5.74) is 7.52. The van der Waals surface area contributed by atoms with Crippen molar-refractivity contribution in [3.05, 3.63) is 29.8 Å². The molecule has 2 N–H and O–H groups in total. The molecule has 3 rings (SSSR count). The van der Waals surface area contributed by atoms with Crippen molar-refractivity contribution < 1.29 is 9.47 Å². The van der Waals surface area contributed by atoms with E-state index < -0.39 is 0 Å². The van der Waals surface area contributed by atoms with E-state index in [1.165, 1.54) is 5.56 Å². The van der Waals surface area contributed by atoms with E-state index in [4.69, 9.17) is 15.2 Å². The van der Waals surface area contributed by atoms with Crippen LogP contribution in [0, 0.1) is 11.3 Å². The lowest BCUT2D eigenvalue weighted by Crippen LogP contribution is -2.48. The molecular formula is C15H21NO2. The summed E-state index contributed by atoms with van der Waals surface area (Å²) in [5.74, 6) is 1.67. The summed E-state index contributed by atoms with van der Waals surface area (Å²) in [7, 11) is 0. The van der Waals surface area contributed by atoms with Gasteiger partial charge in [0.25, 0.3) is 0 Å². The Morgan fingerprint density at radius 3 is 2.78 bits per heavy atom. The molecule has 1 aromatic rings. The highest BCUT2D eigenvalue weighted by molar-refractivity contribution is 5.36. The Morgan fingerprint density at radius 2 is 2.00 bits per heavy atom. The Morgan fingerprint density at radius 1 is 1.22 bits per heavy atom. The van der Waals surface area contributed by atoms with Crippen molar-refractivity contribution >= 4 is 0 Å². The molecule has 0 bridgehead atoms. The minimum atomic E-state index is 0.109. The third-order valence-electron chi connectivity index (χ3n) is 4.52. The number of hydrogen-bond donors (Lipinski definition) is 1. The highest BCUT2D eigenvalue weighted by Gasteiger charge is 2.42. The molecule has 1 saturated heterocycles. The smallest absolute Gasteiger partial charge is 0.122 e. The third kappa shape index (κ3) is 2.02. The van der Waals surface area contributed by atoms with Gasteiger partial charge in [0.05, 0.1) is 6.61 Å². The van der Waals surface area contributed by atoms with Crippen LogP contribution in [0.15, 0.2) is 24.3 Å². The van der Waals surface area contributed by atoms with E-state index in [1.54, 1.807) is 0 Å². The van der Waals surface area contributed by atoms with Crippen LogP contribution >= 0.6 is 0 Å². The Labute approximate surface area is 108 Å². The first-order chi connectivity index (χ1) is 8.84. The van der Waals surface area contributed by atoms with Crippen LogP contribution in [-0.2, 0) is 11.2 Å². The van der Waals surface area contributed by atoms with Crippen LogP contribution in [0.25, 0.3) is 0 Å². The number of hydrogen-bond acceptors (Lipinski definition) is 3. The highest BCUT2D eigenvalue weighted by atomic mass is 16.5. The molecule has 0 saturated carbocycles. The van der Waals surface area contributed by atoms with Gasteiger partial charge in [0, 0.05) is 25.2 Å². The number of fused-ring (bicyclic) bond motifs is 1. The molecule has 3 heteroatoms. The van der Waals surface area contributed by atoms with Crippen molar-refractivity contribution in [3.8, 4) is 5.75 Å². The van der Waals surface area contributed by atoms with Crippen molar-refractivity contribution in [3.63, 3.8) is 0 Å². The summed E-state index contributed by atoms with van der Waals surface area (Å²) < 4.78 is 11.4. The fourth-order valence-electron chi connectivity index (χ4n) is 3.31. The quantitative estimate of drug-likeness (QED) is 0.869. The number of rotatable bonds is 2. The molecule has 18 heavy (non-hydrogen) atoms. The topological polar surface area (TPSA) is 44.5 Å². The van der Waals surface area contributed by atoms with E-state index in [2.05, 4.69) is 18.2 Å². The number of para-hydroxylation sites is 1. The largest absolute Gasteiger partial charge is 0.493 e. The molecular weight excluding hydrogens is 226 g/mol. The van der Waals surface area contributed by atoms with Crippen molar-refractivity contribution in [1.82, 2.24) is 0 Å². The summed E-state index contributed by atoms with van der Waals surface area (Å²) in [6.45, 7) is 3.19. The van der Waals surface area contributed by atoms with Gasteiger partial charge in [-0.15, -0.1) is 0 Å². The van der Waals surface area contributed by atoms with Gasteiger partial charge in [0.2, 0.25) is 0 Å². The zero-order chi connectivity index (χ0) is 12.4. The predicted molar refractivity (Wildman–Crippen MR) is 70.7 cm³/mol. The van der Waals surface area contributed by atoms with Gasteiger partial charge in [0.15, 0.2) is 0 Å². The van der Waals surface area contributed by atoms with Gasteiger partial charge in [0.1, 0.15) is 5.75 Å². The van der Waals surface area contributed by atoms with Gasteiger partial charge >= 0.3 is 0 Å². The predicted octanol–water partition coefficient (Wildman–Crippen LogP) is 1.99. The van der Waals surface area contributed by atoms with Crippen LogP contribution in [0.4, 0.5) is 0 Å². The lowest BCUT2D eigenvalue weighted by molar-refractivity contribution is -0.0153. The maximum atomic E-state index is 6.11. The van der Waals surface area contributed by atoms with Gasteiger partial charge in [-0.1, -0.05) is 18.2 Å². The Kier molecular flexibility index (Phi) is 3.27. The van der Waals surface area contributed by atoms with E-state index in [9.17, 15) is 0 Å². The molecule has 3 nitrogen and oxygen atoms in total. The Hall–Kier alpha value is -1.06. The molecule has 98 valence electrons. The van der Waals surface area contributed by atoms with Crippen LogP contribution in [0.3, 0.4) is 0 Å². The number of ether oxygens (including phenoxy) is 2. The lowest BCUT2D eigenvalue weighted by Gasteiger charge is -2.44. The maximum absolute atomic E-state index is 6.11. The van der Waals surface area contributed by atoms with Gasteiger partial charge in [-0.05, 0) is 36.8 Å². The molecule has 1 atom stereocenters. The van der Waals surface area contributed by atoms with Gasteiger partial charge in [-0.25, -0.2) is 0 Å². The second-order valence-corrected chi connectivity index (χ2v) is 5.53. The zero-order valence-corrected chi connectivity index (χ0v) is 10.7. The molecule has 0 aliphatic carbocycles. The molecule has 0 amide bonds. The average molecular weight is 247 g/mol. The van der Waals surface area contributed by atoms with Crippen LogP contribution in [0.5, 0.6) is 5.75 Å². The minimum absolute atomic E-state index is 0.109. The lowest BCUT2D eigenvalue weighted by atomic mass is 9.67. The number of benzene rings is 1. The SMILES string of the molecule is NCC1(C2CCOCC2)COc2ccccc2C1. The normalized spacial score (nSPS) is 28.5. The van der Waals surface area contributed by atoms with E-state index in [0.29, 0.717) is 12.5 Å². The highest BCUT2D eigenvalue weighted by Crippen LogP contribution is 2.42. The molecule has 0 radical (unpaired) electrons. The molecule has 2 aliphatic heterocycles. The van der Waals surface area contributed by atoms with Gasteiger partial charge in [-0.2, -0.15) is 0 Å². The standard InChI is InChI=1S/C15H21NO2/c16-10-15(13-5-7-17-8-6-13)9-12-3-1-2-4-14(12)18-11-15/h1-4,13H,5-11,16H2. The van der Waals surface area contributed by atoms with Crippen molar-refractivity contribution in [2.45, 2.75) is 19.3 Å². The van der Waals surface area contributed by atoms with Crippen molar-refractivity contribution in [1.29, 1.82) is 0 Å². The molecule has 0 spiro atoms. The molecule has 1 aromatic carbocycles. The van der Waals surface area contributed by atoms with Crippen LogP contribution in [0.1, 0.15) is 18.4 Å². The molecule has 1 fully saturated rings. The minimum Gasteiger partial charge on any atom is -0.493 e. The maximum Gasteiger partial charge on any atom is 0.122 e. The summed E-state index contributed by atoms with van der Waals surface area (Å²) >= 11 is 0. The van der Waals surface area contributed by atoms with Crippen molar-refractivity contribution in [2.24, 2.45) is 17.1 Å². The fraction of sp³-hybridized carbons (Fsp3) is 0.600. The molecule has 2 aliphatic rings. The summed E-state index contributed by atoms with van der Waals surface area (Å²) in [4.78, 5) is 0. The first-order valence-electron chi connectivity index (χ1n) is 6.83. The van der Waals surface area contributed by atoms with E-state index in [0.717, 1.165) is 44.8 Å². The summed E-state index contributed by atoms with van der Waals surface area (Å²) in [5, 5.41) is 0. The van der Waals surface area contributed by atoms with E-state index >= 15 is 0 Å². The first kappa shape index (κ1) is 12.0. The van der Waals surface area contributed by atoms with Crippen molar-refractivity contribution in [2.75, 3.05) is 26.4 Å².